The third kappa shape index (κ3) is 3.69. The van der Waals surface area contributed by atoms with Crippen LogP contribution in [0, 0.1) is 0 Å². The predicted octanol–water partition coefficient (Wildman–Crippen LogP) is 2.68. The number of aromatic nitrogens is 1. The molecule has 6 heteroatoms. The monoisotopic (exact) mass is 353 g/mol. The van der Waals surface area contributed by atoms with Crippen LogP contribution < -0.4 is 15.4 Å². The largest absolute Gasteiger partial charge is 0.475 e. The molecule has 26 heavy (non-hydrogen) atoms. The lowest BCUT2D eigenvalue weighted by Gasteiger charge is -2.15. The van der Waals surface area contributed by atoms with E-state index >= 15 is 0 Å². The molecule has 0 bridgehead atoms. The Labute approximate surface area is 152 Å². The lowest BCUT2D eigenvalue weighted by atomic mass is 9.95. The standard InChI is InChI=1S/C20H23N3O3/c1-3-13(10-21-2)17-9-18-14(8-15(17)11-24)6-7-22-20(18)26-12-16-4-5-19(25)23-16/h6-11,16,21H,3-5,12H2,1-2H3,(H,23,25)/b13-10-. The molecule has 1 aliphatic heterocycles. The minimum Gasteiger partial charge on any atom is -0.475 e. The van der Waals surface area contributed by atoms with Gasteiger partial charge < -0.3 is 15.4 Å². The van der Waals surface area contributed by atoms with Gasteiger partial charge in [0.15, 0.2) is 6.29 Å². The minimum absolute atomic E-state index is 0.0173. The highest BCUT2D eigenvalue weighted by molar-refractivity contribution is 5.97. The van der Waals surface area contributed by atoms with E-state index in [0.717, 1.165) is 41.0 Å². The Bertz CT molecular complexity index is 861. The first-order valence-corrected chi connectivity index (χ1v) is 8.83. The summed E-state index contributed by atoms with van der Waals surface area (Å²) in [6.07, 6.45) is 6.55. The highest BCUT2D eigenvalue weighted by atomic mass is 16.5. The molecule has 2 N–H and O–H groups in total. The number of rotatable bonds is 7. The number of amides is 1. The van der Waals surface area contributed by atoms with Gasteiger partial charge in [-0.2, -0.15) is 0 Å². The molecule has 0 spiro atoms. The zero-order valence-electron chi connectivity index (χ0n) is 15.0. The molecule has 2 heterocycles. The second-order valence-corrected chi connectivity index (χ2v) is 6.32. The number of allylic oxidation sites excluding steroid dienone is 1. The molecule has 1 fully saturated rings. The van der Waals surface area contributed by atoms with E-state index in [1.807, 2.05) is 38.4 Å². The quantitative estimate of drug-likeness (QED) is 0.748. The van der Waals surface area contributed by atoms with E-state index in [2.05, 4.69) is 15.6 Å². The summed E-state index contributed by atoms with van der Waals surface area (Å²) in [7, 11) is 1.84. The van der Waals surface area contributed by atoms with Gasteiger partial charge >= 0.3 is 0 Å². The molecule has 1 atom stereocenters. The molecule has 1 amide bonds. The van der Waals surface area contributed by atoms with E-state index in [4.69, 9.17) is 4.74 Å². The molecule has 1 unspecified atom stereocenters. The van der Waals surface area contributed by atoms with Crippen LogP contribution >= 0.6 is 0 Å². The number of carbonyl (C=O) groups is 2. The van der Waals surface area contributed by atoms with Crippen molar-refractivity contribution in [3.63, 3.8) is 0 Å². The Balaban J connectivity index is 1.98. The van der Waals surface area contributed by atoms with Crippen molar-refractivity contribution in [1.29, 1.82) is 0 Å². The number of pyridine rings is 1. The van der Waals surface area contributed by atoms with Crippen LogP contribution in [0.2, 0.25) is 0 Å². The summed E-state index contributed by atoms with van der Waals surface area (Å²) < 4.78 is 5.90. The summed E-state index contributed by atoms with van der Waals surface area (Å²) in [5.41, 5.74) is 2.55. The van der Waals surface area contributed by atoms with Crippen molar-refractivity contribution in [2.75, 3.05) is 13.7 Å². The number of hydrogen-bond acceptors (Lipinski definition) is 5. The van der Waals surface area contributed by atoms with Crippen LogP contribution in [0.4, 0.5) is 0 Å². The van der Waals surface area contributed by atoms with Gasteiger partial charge in [0.1, 0.15) is 6.61 Å². The van der Waals surface area contributed by atoms with Crippen molar-refractivity contribution in [3.05, 3.63) is 41.7 Å². The minimum atomic E-state index is 0.0173. The van der Waals surface area contributed by atoms with Gasteiger partial charge in [-0.15, -0.1) is 0 Å². The number of nitrogens with zero attached hydrogens (tertiary/aromatic N) is 1. The third-order valence-corrected chi connectivity index (χ3v) is 4.58. The number of ether oxygens (including phenoxy) is 1. The first-order chi connectivity index (χ1) is 12.7. The molecule has 1 aromatic carbocycles. The molecule has 1 aliphatic rings. The second kappa shape index (κ2) is 7.99. The number of hydrogen-bond donors (Lipinski definition) is 2. The van der Waals surface area contributed by atoms with Crippen molar-refractivity contribution >= 4 is 28.5 Å². The summed E-state index contributed by atoms with van der Waals surface area (Å²) in [6.45, 7) is 2.43. The molecule has 1 saturated heterocycles. The number of nitrogens with one attached hydrogen (secondary N) is 2. The average Bonchev–Trinajstić information content (AvgIpc) is 3.08. The highest BCUT2D eigenvalue weighted by Crippen LogP contribution is 2.30. The fraction of sp³-hybridized carbons (Fsp3) is 0.350. The van der Waals surface area contributed by atoms with Crippen LogP contribution in [-0.2, 0) is 4.79 Å². The van der Waals surface area contributed by atoms with Crippen LogP contribution in [0.5, 0.6) is 5.88 Å². The predicted molar refractivity (Wildman–Crippen MR) is 101 cm³/mol. The molecule has 3 rings (SSSR count). The number of aldehydes is 1. The lowest BCUT2D eigenvalue weighted by Crippen LogP contribution is -2.31. The van der Waals surface area contributed by atoms with Crippen molar-refractivity contribution in [3.8, 4) is 5.88 Å². The van der Waals surface area contributed by atoms with Crippen molar-refractivity contribution < 1.29 is 14.3 Å². The molecule has 6 nitrogen and oxygen atoms in total. The molecule has 0 radical (unpaired) electrons. The summed E-state index contributed by atoms with van der Waals surface area (Å²) >= 11 is 0. The summed E-state index contributed by atoms with van der Waals surface area (Å²) in [4.78, 5) is 27.3. The highest BCUT2D eigenvalue weighted by Gasteiger charge is 2.21. The molecule has 2 aromatic rings. The van der Waals surface area contributed by atoms with Gasteiger partial charge in [-0.05, 0) is 47.6 Å². The lowest BCUT2D eigenvalue weighted by molar-refractivity contribution is -0.119. The van der Waals surface area contributed by atoms with Gasteiger partial charge in [-0.25, -0.2) is 4.98 Å². The van der Waals surface area contributed by atoms with Crippen molar-refractivity contribution in [2.24, 2.45) is 0 Å². The first kappa shape index (κ1) is 17.9. The number of carbonyl (C=O) groups excluding carboxylic acids is 2. The van der Waals surface area contributed by atoms with Crippen LogP contribution in [0.3, 0.4) is 0 Å². The zero-order valence-corrected chi connectivity index (χ0v) is 15.0. The Morgan fingerprint density at radius 1 is 1.46 bits per heavy atom. The normalized spacial score (nSPS) is 17.2. The Hall–Kier alpha value is -2.89. The third-order valence-electron chi connectivity index (χ3n) is 4.58. The fourth-order valence-electron chi connectivity index (χ4n) is 3.23. The maximum atomic E-state index is 11.6. The molecular formula is C20H23N3O3. The maximum absolute atomic E-state index is 11.6. The van der Waals surface area contributed by atoms with Gasteiger partial charge in [0.2, 0.25) is 11.8 Å². The Morgan fingerprint density at radius 2 is 2.31 bits per heavy atom. The maximum Gasteiger partial charge on any atom is 0.221 e. The van der Waals surface area contributed by atoms with Crippen LogP contribution in [0.1, 0.15) is 42.1 Å². The van der Waals surface area contributed by atoms with E-state index in [1.54, 1.807) is 6.20 Å². The van der Waals surface area contributed by atoms with E-state index in [0.29, 0.717) is 24.5 Å². The van der Waals surface area contributed by atoms with Gasteiger partial charge in [0.25, 0.3) is 0 Å². The second-order valence-electron chi connectivity index (χ2n) is 6.32. The van der Waals surface area contributed by atoms with Crippen molar-refractivity contribution in [2.45, 2.75) is 32.2 Å². The topological polar surface area (TPSA) is 80.3 Å². The van der Waals surface area contributed by atoms with E-state index in [9.17, 15) is 9.59 Å². The molecular weight excluding hydrogens is 330 g/mol. The van der Waals surface area contributed by atoms with E-state index in [1.165, 1.54) is 0 Å². The van der Waals surface area contributed by atoms with Crippen LogP contribution in [-0.4, -0.2) is 36.9 Å². The van der Waals surface area contributed by atoms with Gasteiger partial charge in [0.05, 0.1) is 6.04 Å². The fourth-order valence-corrected chi connectivity index (χ4v) is 3.23. The Kier molecular flexibility index (Phi) is 5.51. The molecule has 0 saturated carbocycles. The summed E-state index contributed by atoms with van der Waals surface area (Å²) in [6, 6.07) is 5.71. The summed E-state index contributed by atoms with van der Waals surface area (Å²) in [5, 5.41) is 7.68. The van der Waals surface area contributed by atoms with E-state index < -0.39 is 0 Å². The molecule has 0 aliphatic carbocycles. The van der Waals surface area contributed by atoms with Gasteiger partial charge in [-0.1, -0.05) is 6.92 Å². The molecule has 1 aromatic heterocycles. The Morgan fingerprint density at radius 3 is 2.96 bits per heavy atom. The van der Waals surface area contributed by atoms with Gasteiger partial charge in [0, 0.05) is 36.8 Å². The smallest absolute Gasteiger partial charge is 0.221 e. The first-order valence-electron chi connectivity index (χ1n) is 8.83. The number of fused-ring (bicyclic) bond motifs is 1. The van der Waals surface area contributed by atoms with E-state index in [-0.39, 0.29) is 11.9 Å². The van der Waals surface area contributed by atoms with Gasteiger partial charge in [-0.3, -0.25) is 9.59 Å². The summed E-state index contributed by atoms with van der Waals surface area (Å²) in [5.74, 6) is 0.578. The molecule has 136 valence electrons. The van der Waals surface area contributed by atoms with Crippen LogP contribution in [0.25, 0.3) is 16.3 Å². The average molecular weight is 353 g/mol. The van der Waals surface area contributed by atoms with Crippen molar-refractivity contribution in [1.82, 2.24) is 15.6 Å². The van der Waals surface area contributed by atoms with Crippen LogP contribution in [0.15, 0.2) is 30.6 Å². The number of benzene rings is 1. The zero-order chi connectivity index (χ0) is 18.5. The SMILES string of the molecule is CC/C(=C/NC)c1cc2c(OCC3CCC(=O)N3)nccc2cc1C=O.